The van der Waals surface area contributed by atoms with Crippen LogP contribution in [0.5, 0.6) is 0 Å². The fraction of sp³-hybridized carbons (Fsp3) is 0.0952. The van der Waals surface area contributed by atoms with E-state index < -0.39 is 0 Å². The topological polar surface area (TPSA) is 3.88 Å². The molecule has 1 heterocycles. The summed E-state index contributed by atoms with van der Waals surface area (Å²) in [5.74, 6) is 0. The second-order valence-electron chi connectivity index (χ2n) is 5.82. The Balaban J connectivity index is 2.13. The maximum atomic E-state index is 2.32. The zero-order valence-electron chi connectivity index (χ0n) is 12.9. The molecule has 106 valence electrons. The Hall–Kier alpha value is -2.67. The van der Waals surface area contributed by atoms with Gasteiger partial charge in [-0.1, -0.05) is 42.5 Å². The van der Waals surface area contributed by atoms with Crippen LogP contribution in [0.3, 0.4) is 0 Å². The van der Waals surface area contributed by atoms with Crippen LogP contribution >= 0.6 is 0 Å². The summed E-state index contributed by atoms with van der Waals surface area (Å²) in [6.45, 7) is 2.17. The molecule has 0 bridgehead atoms. The van der Waals surface area contributed by atoms with Crippen LogP contribution in [0.1, 0.15) is 5.56 Å². The number of rotatable bonds is 1. The number of hydrogen-bond acceptors (Lipinski definition) is 0. The Morgan fingerprint density at radius 2 is 1.36 bits per heavy atom. The third-order valence-electron chi connectivity index (χ3n) is 4.47. The zero-order valence-corrected chi connectivity index (χ0v) is 12.9. The molecule has 0 atom stereocenters. The molecule has 0 aliphatic carbocycles. The summed E-state index contributed by atoms with van der Waals surface area (Å²) in [6.07, 6.45) is 0. The van der Waals surface area contributed by atoms with Crippen molar-refractivity contribution in [3.05, 3.63) is 78.4 Å². The first kappa shape index (κ1) is 13.0. The van der Waals surface area contributed by atoms with E-state index in [0.717, 1.165) is 0 Å². The summed E-state index contributed by atoms with van der Waals surface area (Å²) in [5, 5.41) is 3.86. The molecule has 0 radical (unpaired) electrons. The number of nitrogens with zero attached hydrogens (tertiary/aromatic N) is 1. The second-order valence-corrected chi connectivity index (χ2v) is 5.82. The molecule has 0 saturated heterocycles. The monoisotopic (exact) mass is 284 g/mol. The summed E-state index contributed by atoms with van der Waals surface area (Å²) < 4.78 is 2.32. The lowest BCUT2D eigenvalue weighted by molar-refractivity contribution is -0.632. The van der Waals surface area contributed by atoms with Crippen molar-refractivity contribution in [3.8, 4) is 11.3 Å². The summed E-state index contributed by atoms with van der Waals surface area (Å²) in [7, 11) is 2.16. The van der Waals surface area contributed by atoms with Gasteiger partial charge in [0, 0.05) is 17.0 Å². The lowest BCUT2D eigenvalue weighted by Crippen LogP contribution is -2.32. The van der Waals surface area contributed by atoms with Gasteiger partial charge in [0.05, 0.1) is 5.39 Å². The third-order valence-corrected chi connectivity index (χ3v) is 4.47. The normalized spacial score (nSPS) is 11.2. The minimum Gasteiger partial charge on any atom is -0.194 e. The summed E-state index contributed by atoms with van der Waals surface area (Å²) in [5.41, 5.74) is 5.14. The molecule has 1 heteroatoms. The third kappa shape index (κ3) is 1.90. The van der Waals surface area contributed by atoms with Crippen molar-refractivity contribution in [2.24, 2.45) is 7.05 Å². The minimum absolute atomic E-state index is 1.25. The Labute approximate surface area is 130 Å². The van der Waals surface area contributed by atoms with Gasteiger partial charge in [-0.2, -0.15) is 4.57 Å². The minimum atomic E-state index is 1.25. The molecule has 1 nitrogen and oxygen atoms in total. The quantitative estimate of drug-likeness (QED) is 0.349. The van der Waals surface area contributed by atoms with Gasteiger partial charge in [0.25, 0.3) is 0 Å². The molecule has 0 unspecified atom stereocenters. The van der Waals surface area contributed by atoms with Gasteiger partial charge in [0.1, 0.15) is 7.05 Å². The number of fused-ring (bicyclic) bond motifs is 3. The van der Waals surface area contributed by atoms with E-state index in [1.165, 1.54) is 38.5 Å². The molecular formula is C21H18N+. The van der Waals surface area contributed by atoms with Crippen LogP contribution in [0.15, 0.2) is 72.8 Å². The van der Waals surface area contributed by atoms with Crippen LogP contribution in [-0.4, -0.2) is 0 Å². The second kappa shape index (κ2) is 4.96. The van der Waals surface area contributed by atoms with Crippen LogP contribution in [0.25, 0.3) is 32.9 Å². The van der Waals surface area contributed by atoms with E-state index in [0.29, 0.717) is 0 Å². The van der Waals surface area contributed by atoms with Gasteiger partial charge in [-0.15, -0.1) is 0 Å². The van der Waals surface area contributed by atoms with Crippen LogP contribution in [0.4, 0.5) is 0 Å². The van der Waals surface area contributed by atoms with E-state index >= 15 is 0 Å². The van der Waals surface area contributed by atoms with Gasteiger partial charge in [0.2, 0.25) is 11.2 Å². The SMILES string of the molecule is Cc1ccccc1-c1ccc2ccc3ccccc3c2[n+]1C. The number of pyridine rings is 1. The van der Waals surface area contributed by atoms with E-state index in [1.54, 1.807) is 0 Å². The Bertz CT molecular complexity index is 999. The molecule has 0 spiro atoms. The Morgan fingerprint density at radius 3 is 2.23 bits per heavy atom. The molecule has 0 aliphatic rings. The highest BCUT2D eigenvalue weighted by Crippen LogP contribution is 2.26. The highest BCUT2D eigenvalue weighted by molar-refractivity contribution is 6.03. The van der Waals surface area contributed by atoms with Crippen molar-refractivity contribution in [1.82, 2.24) is 0 Å². The molecule has 0 N–H and O–H groups in total. The molecule has 0 amide bonds. The van der Waals surface area contributed by atoms with Crippen molar-refractivity contribution < 1.29 is 4.57 Å². The van der Waals surface area contributed by atoms with Gasteiger partial charge in [-0.25, -0.2) is 0 Å². The van der Waals surface area contributed by atoms with Gasteiger partial charge in [-0.3, -0.25) is 0 Å². The number of benzene rings is 3. The molecule has 4 rings (SSSR count). The first-order chi connectivity index (χ1) is 10.8. The Kier molecular flexibility index (Phi) is 2.93. The van der Waals surface area contributed by atoms with Crippen molar-refractivity contribution in [1.29, 1.82) is 0 Å². The van der Waals surface area contributed by atoms with Crippen LogP contribution in [0.2, 0.25) is 0 Å². The molecule has 0 aliphatic heterocycles. The number of aromatic nitrogens is 1. The first-order valence-corrected chi connectivity index (χ1v) is 7.62. The van der Waals surface area contributed by atoms with Gasteiger partial charge in [0.15, 0.2) is 0 Å². The van der Waals surface area contributed by atoms with Crippen LogP contribution in [0, 0.1) is 6.92 Å². The number of aryl methyl sites for hydroxylation is 2. The fourth-order valence-electron chi connectivity index (χ4n) is 3.31. The molecule has 3 aromatic carbocycles. The van der Waals surface area contributed by atoms with E-state index in [9.17, 15) is 0 Å². The zero-order chi connectivity index (χ0) is 15.1. The van der Waals surface area contributed by atoms with Gasteiger partial charge < -0.3 is 0 Å². The van der Waals surface area contributed by atoms with Crippen molar-refractivity contribution >= 4 is 21.7 Å². The van der Waals surface area contributed by atoms with Crippen molar-refractivity contribution in [2.75, 3.05) is 0 Å². The predicted octanol–water partition coefficient (Wildman–Crippen LogP) is 4.79. The average Bonchev–Trinajstić information content (AvgIpc) is 2.56. The first-order valence-electron chi connectivity index (χ1n) is 7.62. The summed E-state index contributed by atoms with van der Waals surface area (Å²) >= 11 is 0. The van der Waals surface area contributed by atoms with Gasteiger partial charge in [-0.05, 0) is 42.1 Å². The van der Waals surface area contributed by atoms with E-state index in [1.807, 2.05) is 0 Å². The van der Waals surface area contributed by atoms with Crippen molar-refractivity contribution in [2.45, 2.75) is 6.92 Å². The van der Waals surface area contributed by atoms with E-state index in [2.05, 4.69) is 91.3 Å². The highest BCUT2D eigenvalue weighted by Gasteiger charge is 2.17. The maximum absolute atomic E-state index is 2.32. The molecule has 0 fully saturated rings. The lowest BCUT2D eigenvalue weighted by atomic mass is 10.0. The molecular weight excluding hydrogens is 266 g/mol. The molecule has 1 aromatic heterocycles. The van der Waals surface area contributed by atoms with Crippen molar-refractivity contribution in [3.63, 3.8) is 0 Å². The van der Waals surface area contributed by atoms with Gasteiger partial charge >= 0.3 is 0 Å². The maximum Gasteiger partial charge on any atom is 0.220 e. The lowest BCUT2D eigenvalue weighted by Gasteiger charge is -2.08. The largest absolute Gasteiger partial charge is 0.220 e. The van der Waals surface area contributed by atoms with Crippen LogP contribution in [-0.2, 0) is 7.05 Å². The predicted molar refractivity (Wildman–Crippen MR) is 92.8 cm³/mol. The molecule has 0 saturated carbocycles. The Morgan fingerprint density at radius 1 is 0.682 bits per heavy atom. The average molecular weight is 284 g/mol. The van der Waals surface area contributed by atoms with Crippen LogP contribution < -0.4 is 4.57 Å². The highest BCUT2D eigenvalue weighted by atomic mass is 14.9. The number of hydrogen-bond donors (Lipinski definition) is 0. The molecule has 22 heavy (non-hydrogen) atoms. The van der Waals surface area contributed by atoms with E-state index in [4.69, 9.17) is 0 Å². The smallest absolute Gasteiger partial charge is 0.194 e. The summed E-state index contributed by atoms with van der Waals surface area (Å²) in [6, 6.07) is 26.0. The van der Waals surface area contributed by atoms with E-state index in [-0.39, 0.29) is 0 Å². The standard InChI is InChI=1S/C21H18N/c1-15-7-3-5-9-18(15)20-14-13-17-12-11-16-8-4-6-10-19(16)21(17)22(20)2/h3-14H,1-2H3/q+1. The fourth-order valence-corrected chi connectivity index (χ4v) is 3.31. The summed E-state index contributed by atoms with van der Waals surface area (Å²) in [4.78, 5) is 0. The molecule has 4 aromatic rings.